The van der Waals surface area contributed by atoms with Gasteiger partial charge >= 0.3 is 0 Å². The van der Waals surface area contributed by atoms with Crippen LogP contribution in [0.15, 0.2) is 0 Å². The molecule has 2 heteroatoms. The summed E-state index contributed by atoms with van der Waals surface area (Å²) in [6, 6.07) is 0. The molecule has 3 atom stereocenters. The molecule has 0 radical (unpaired) electrons. The second-order valence-corrected chi connectivity index (χ2v) is 7.15. The van der Waals surface area contributed by atoms with Crippen molar-refractivity contribution >= 4 is 31.9 Å². The molecule has 3 fully saturated rings. The molecule has 0 aliphatic heterocycles. The molecule has 3 rings (SSSR count). The topological polar surface area (TPSA) is 0 Å². The van der Waals surface area contributed by atoms with E-state index in [2.05, 4.69) is 45.7 Å². The number of halogens is 2. The molecule has 0 heterocycles. The van der Waals surface area contributed by atoms with Crippen LogP contribution in [0, 0.1) is 17.3 Å². The van der Waals surface area contributed by atoms with Gasteiger partial charge in [0.1, 0.15) is 0 Å². The quantitative estimate of drug-likeness (QED) is 0.642. The van der Waals surface area contributed by atoms with Gasteiger partial charge in [-0.3, -0.25) is 0 Å². The van der Waals surface area contributed by atoms with E-state index < -0.39 is 0 Å². The van der Waals surface area contributed by atoms with Gasteiger partial charge in [-0.2, -0.15) is 0 Å². The van der Waals surface area contributed by atoms with E-state index in [0.29, 0.717) is 9.74 Å². The highest BCUT2D eigenvalue weighted by molar-refractivity contribution is 9.12. The van der Waals surface area contributed by atoms with Gasteiger partial charge in [0, 0.05) is 9.65 Å². The van der Waals surface area contributed by atoms with Crippen LogP contribution >= 0.6 is 31.9 Å². The van der Waals surface area contributed by atoms with Crippen LogP contribution in [0.25, 0.3) is 0 Å². The summed E-state index contributed by atoms with van der Waals surface area (Å²) in [5.74, 6) is 1.90. The van der Waals surface area contributed by atoms with E-state index in [9.17, 15) is 0 Å². The average molecular weight is 296 g/mol. The van der Waals surface area contributed by atoms with Crippen LogP contribution in [0.4, 0.5) is 0 Å². The molecule has 0 aromatic carbocycles. The standard InChI is InChI=1S/C10H16Br2/c1-9(2)7-3-4-10(12,6-11)8(9)5-7/h7-8H,3-6H2,1-2H3. The smallest absolute Gasteiger partial charge is 0.0388 e. The van der Waals surface area contributed by atoms with Gasteiger partial charge in [0.2, 0.25) is 0 Å². The molecule has 0 aromatic rings. The second kappa shape index (κ2) is 2.73. The summed E-state index contributed by atoms with van der Waals surface area (Å²) in [5, 5.41) is 1.11. The zero-order valence-corrected chi connectivity index (χ0v) is 10.9. The zero-order valence-electron chi connectivity index (χ0n) is 7.74. The molecule has 0 nitrogen and oxygen atoms in total. The molecule has 3 aliphatic rings. The van der Waals surface area contributed by atoms with E-state index in [1.165, 1.54) is 19.3 Å². The Labute approximate surface area is 91.7 Å². The van der Waals surface area contributed by atoms with Gasteiger partial charge in [-0.05, 0) is 36.5 Å². The Bertz CT molecular complexity index is 198. The molecule has 12 heavy (non-hydrogen) atoms. The minimum absolute atomic E-state index is 0.408. The molecule has 0 N–H and O–H groups in total. The summed E-state index contributed by atoms with van der Waals surface area (Å²) >= 11 is 7.56. The van der Waals surface area contributed by atoms with Crippen LogP contribution in [0.3, 0.4) is 0 Å². The lowest BCUT2D eigenvalue weighted by molar-refractivity contribution is -0.0815. The molecule has 0 aromatic heterocycles. The predicted octanol–water partition coefficient (Wildman–Crippen LogP) is 3.97. The van der Waals surface area contributed by atoms with Crippen molar-refractivity contribution < 1.29 is 0 Å². The van der Waals surface area contributed by atoms with Gasteiger partial charge in [0.15, 0.2) is 0 Å². The monoisotopic (exact) mass is 294 g/mol. The molecule has 3 unspecified atom stereocenters. The fourth-order valence-corrected chi connectivity index (χ4v) is 4.81. The Morgan fingerprint density at radius 2 is 2.08 bits per heavy atom. The normalized spacial score (nSPS) is 50.0. The lowest BCUT2D eigenvalue weighted by atomic mass is 9.46. The highest BCUT2D eigenvalue weighted by Gasteiger charge is 2.59. The van der Waals surface area contributed by atoms with Gasteiger partial charge < -0.3 is 0 Å². The minimum atomic E-state index is 0.408. The third kappa shape index (κ3) is 1.06. The largest absolute Gasteiger partial charge is 0.0913 e. The number of hydrogen-bond donors (Lipinski definition) is 0. The van der Waals surface area contributed by atoms with Crippen LogP contribution < -0.4 is 0 Å². The first-order valence-electron chi connectivity index (χ1n) is 4.75. The highest BCUT2D eigenvalue weighted by Crippen LogP contribution is 2.65. The second-order valence-electron chi connectivity index (χ2n) is 5.01. The van der Waals surface area contributed by atoms with Crippen LogP contribution in [0.2, 0.25) is 0 Å². The van der Waals surface area contributed by atoms with Crippen molar-refractivity contribution in [3.63, 3.8) is 0 Å². The Kier molecular flexibility index (Phi) is 2.16. The van der Waals surface area contributed by atoms with Crippen molar-refractivity contribution in [3.05, 3.63) is 0 Å². The van der Waals surface area contributed by atoms with E-state index in [4.69, 9.17) is 0 Å². The summed E-state index contributed by atoms with van der Waals surface area (Å²) in [6.07, 6.45) is 4.22. The first kappa shape index (κ1) is 9.51. The average Bonchev–Trinajstić information content (AvgIpc) is 2.04. The zero-order chi connectivity index (χ0) is 8.98. The summed E-state index contributed by atoms with van der Waals surface area (Å²) in [4.78, 5) is 0. The molecule has 70 valence electrons. The number of rotatable bonds is 1. The fourth-order valence-electron chi connectivity index (χ4n) is 3.13. The number of fused-ring (bicyclic) bond motifs is 2. The van der Waals surface area contributed by atoms with Gasteiger partial charge in [0.05, 0.1) is 0 Å². The molecular formula is C10H16Br2. The van der Waals surface area contributed by atoms with Gasteiger partial charge in [0.25, 0.3) is 0 Å². The Balaban J connectivity index is 2.21. The van der Waals surface area contributed by atoms with Gasteiger partial charge in [-0.1, -0.05) is 45.7 Å². The van der Waals surface area contributed by atoms with E-state index in [1.807, 2.05) is 0 Å². The lowest BCUT2D eigenvalue weighted by Crippen LogP contribution is -2.59. The van der Waals surface area contributed by atoms with Crippen molar-refractivity contribution in [2.45, 2.75) is 37.4 Å². The first-order valence-corrected chi connectivity index (χ1v) is 6.67. The first-order chi connectivity index (χ1) is 5.50. The van der Waals surface area contributed by atoms with Crippen molar-refractivity contribution in [2.75, 3.05) is 5.33 Å². The third-order valence-corrected chi connectivity index (χ3v) is 7.21. The van der Waals surface area contributed by atoms with Crippen molar-refractivity contribution in [1.29, 1.82) is 0 Å². The molecule has 0 saturated heterocycles. The fraction of sp³-hybridized carbons (Fsp3) is 1.00. The maximum absolute atomic E-state index is 3.93. The van der Waals surface area contributed by atoms with E-state index in [0.717, 1.165) is 17.2 Å². The third-order valence-electron chi connectivity index (χ3n) is 4.23. The number of hydrogen-bond acceptors (Lipinski definition) is 0. The maximum Gasteiger partial charge on any atom is 0.0388 e. The van der Waals surface area contributed by atoms with Gasteiger partial charge in [-0.25, -0.2) is 0 Å². The van der Waals surface area contributed by atoms with Crippen molar-refractivity contribution in [1.82, 2.24) is 0 Å². The Morgan fingerprint density at radius 3 is 2.42 bits per heavy atom. The summed E-state index contributed by atoms with van der Waals surface area (Å²) in [5.41, 5.74) is 0.593. The van der Waals surface area contributed by atoms with Gasteiger partial charge in [-0.15, -0.1) is 0 Å². The van der Waals surface area contributed by atoms with Crippen LogP contribution in [0.5, 0.6) is 0 Å². The lowest BCUT2D eigenvalue weighted by Gasteiger charge is -2.63. The summed E-state index contributed by atoms with van der Waals surface area (Å²) in [7, 11) is 0. The molecule has 3 aliphatic carbocycles. The van der Waals surface area contributed by atoms with Crippen molar-refractivity contribution in [3.8, 4) is 0 Å². The van der Waals surface area contributed by atoms with E-state index in [-0.39, 0.29) is 0 Å². The summed E-state index contributed by atoms with van der Waals surface area (Å²) < 4.78 is 0.408. The Hall–Kier alpha value is 0.960. The van der Waals surface area contributed by atoms with Crippen LogP contribution in [0.1, 0.15) is 33.1 Å². The molecular weight excluding hydrogens is 280 g/mol. The molecule has 0 amide bonds. The SMILES string of the molecule is CC1(C)C2CCC(Br)(CBr)C1C2. The highest BCUT2D eigenvalue weighted by atomic mass is 79.9. The maximum atomic E-state index is 3.93. The van der Waals surface area contributed by atoms with E-state index in [1.54, 1.807) is 0 Å². The van der Waals surface area contributed by atoms with Crippen LogP contribution in [-0.4, -0.2) is 9.65 Å². The number of alkyl halides is 2. The minimum Gasteiger partial charge on any atom is -0.0913 e. The summed E-state index contributed by atoms with van der Waals surface area (Å²) in [6.45, 7) is 4.87. The molecule has 3 saturated carbocycles. The van der Waals surface area contributed by atoms with Crippen LogP contribution in [-0.2, 0) is 0 Å². The predicted molar refractivity (Wildman–Crippen MR) is 60.1 cm³/mol. The molecule has 2 bridgehead atoms. The van der Waals surface area contributed by atoms with E-state index >= 15 is 0 Å². The molecule has 0 spiro atoms. The van der Waals surface area contributed by atoms with Crippen molar-refractivity contribution in [2.24, 2.45) is 17.3 Å². The Morgan fingerprint density at radius 1 is 1.42 bits per heavy atom.